The van der Waals surface area contributed by atoms with Gasteiger partial charge in [-0.1, -0.05) is 12.3 Å². The van der Waals surface area contributed by atoms with Gasteiger partial charge in [0.1, 0.15) is 0 Å². The molecule has 1 amide bonds. The average molecular weight is 235 g/mol. The molecule has 0 bridgehead atoms. The van der Waals surface area contributed by atoms with Crippen LogP contribution in [0.25, 0.3) is 0 Å². The Labute approximate surface area is 103 Å². The summed E-state index contributed by atoms with van der Waals surface area (Å²) in [5, 5.41) is 2.72. The van der Waals surface area contributed by atoms with Crippen LogP contribution in [0.5, 0.6) is 0 Å². The largest absolute Gasteiger partial charge is 0.344 e. The summed E-state index contributed by atoms with van der Waals surface area (Å²) in [5.41, 5.74) is 0. The number of rotatable bonds is 3. The molecule has 0 aromatic rings. The molecule has 2 heterocycles. The number of carbonyl (C=O) groups is 1. The first-order chi connectivity index (χ1) is 8.29. The van der Waals surface area contributed by atoms with Crippen LogP contribution in [0.1, 0.15) is 19.3 Å². The van der Waals surface area contributed by atoms with E-state index in [9.17, 15) is 4.79 Å². The van der Waals surface area contributed by atoms with Crippen LogP contribution in [-0.4, -0.2) is 61.0 Å². The van der Waals surface area contributed by atoms with Crippen LogP contribution in [0.3, 0.4) is 0 Å². The van der Waals surface area contributed by atoms with Gasteiger partial charge in [0.2, 0.25) is 5.91 Å². The summed E-state index contributed by atoms with van der Waals surface area (Å²) in [6.45, 7) is 5.20. The van der Waals surface area contributed by atoms with Crippen LogP contribution >= 0.6 is 0 Å². The normalized spacial score (nSPS) is 25.9. The predicted molar refractivity (Wildman–Crippen MR) is 67.5 cm³/mol. The molecule has 17 heavy (non-hydrogen) atoms. The lowest BCUT2D eigenvalue weighted by Crippen LogP contribution is -2.56. The lowest BCUT2D eigenvalue weighted by Gasteiger charge is -2.43. The molecule has 94 valence electrons. The van der Waals surface area contributed by atoms with Crippen molar-refractivity contribution in [3.63, 3.8) is 0 Å². The highest BCUT2D eigenvalue weighted by Gasteiger charge is 2.29. The van der Waals surface area contributed by atoms with Gasteiger partial charge in [-0.15, -0.1) is 6.42 Å². The number of terminal acetylenes is 1. The van der Waals surface area contributed by atoms with Gasteiger partial charge in [0, 0.05) is 25.7 Å². The van der Waals surface area contributed by atoms with Crippen molar-refractivity contribution < 1.29 is 4.79 Å². The maximum atomic E-state index is 11.6. The standard InChI is InChI=1S/C13H21N3O/c1-2-6-14-13(17)11-15-8-9-16-7-4-3-5-12(16)10-15/h1,12H,3-11H2,(H,14,17). The zero-order valence-electron chi connectivity index (χ0n) is 10.3. The van der Waals surface area contributed by atoms with Crippen molar-refractivity contribution >= 4 is 5.91 Å². The highest BCUT2D eigenvalue weighted by atomic mass is 16.2. The summed E-state index contributed by atoms with van der Waals surface area (Å²) in [6, 6.07) is 0.665. The molecule has 2 saturated heterocycles. The van der Waals surface area contributed by atoms with Crippen LogP contribution in [0, 0.1) is 12.3 Å². The highest BCUT2D eigenvalue weighted by molar-refractivity contribution is 5.78. The van der Waals surface area contributed by atoms with Gasteiger partial charge >= 0.3 is 0 Å². The number of carbonyl (C=O) groups excluding carboxylic acids is 1. The van der Waals surface area contributed by atoms with Crippen LogP contribution in [0.4, 0.5) is 0 Å². The van der Waals surface area contributed by atoms with Gasteiger partial charge in [-0.3, -0.25) is 14.6 Å². The fourth-order valence-corrected chi connectivity index (χ4v) is 2.77. The first kappa shape index (κ1) is 12.4. The molecule has 2 aliphatic heterocycles. The van der Waals surface area contributed by atoms with Gasteiger partial charge in [-0.25, -0.2) is 0 Å². The van der Waals surface area contributed by atoms with E-state index in [0.717, 1.165) is 19.6 Å². The quantitative estimate of drug-likeness (QED) is 0.694. The van der Waals surface area contributed by atoms with E-state index in [-0.39, 0.29) is 5.91 Å². The van der Waals surface area contributed by atoms with Crippen molar-refractivity contribution in [3.8, 4) is 12.3 Å². The predicted octanol–water partition coefficient (Wildman–Crippen LogP) is -0.0941. The molecule has 2 fully saturated rings. The monoisotopic (exact) mass is 235 g/mol. The van der Waals surface area contributed by atoms with Gasteiger partial charge in [0.15, 0.2) is 0 Å². The molecule has 1 N–H and O–H groups in total. The number of nitrogens with zero attached hydrogens (tertiary/aromatic N) is 2. The molecule has 1 unspecified atom stereocenters. The van der Waals surface area contributed by atoms with Crippen molar-refractivity contribution in [1.29, 1.82) is 0 Å². The van der Waals surface area contributed by atoms with Crippen LogP contribution in [0.2, 0.25) is 0 Å². The van der Waals surface area contributed by atoms with Crippen LogP contribution < -0.4 is 5.32 Å². The minimum absolute atomic E-state index is 0.0483. The zero-order chi connectivity index (χ0) is 12.1. The van der Waals surface area contributed by atoms with Crippen molar-refractivity contribution in [2.45, 2.75) is 25.3 Å². The SMILES string of the molecule is C#CCNC(=O)CN1CCN2CCCCC2C1. The lowest BCUT2D eigenvalue weighted by molar-refractivity contribution is -0.122. The van der Waals surface area contributed by atoms with E-state index < -0.39 is 0 Å². The molecular weight excluding hydrogens is 214 g/mol. The third-order valence-electron chi connectivity index (χ3n) is 3.68. The summed E-state index contributed by atoms with van der Waals surface area (Å²) in [4.78, 5) is 16.4. The first-order valence-electron chi connectivity index (χ1n) is 6.46. The molecule has 0 saturated carbocycles. The van der Waals surface area contributed by atoms with E-state index in [2.05, 4.69) is 21.0 Å². The first-order valence-corrected chi connectivity index (χ1v) is 6.46. The lowest BCUT2D eigenvalue weighted by atomic mass is 9.99. The Morgan fingerprint density at radius 2 is 2.24 bits per heavy atom. The third-order valence-corrected chi connectivity index (χ3v) is 3.68. The molecule has 2 aliphatic rings. The van der Waals surface area contributed by atoms with E-state index in [1.165, 1.54) is 25.8 Å². The molecule has 0 aromatic heterocycles. The number of fused-ring (bicyclic) bond motifs is 1. The Balaban J connectivity index is 1.76. The maximum Gasteiger partial charge on any atom is 0.234 e. The van der Waals surface area contributed by atoms with E-state index in [0.29, 0.717) is 19.1 Å². The Hall–Kier alpha value is -1.05. The molecule has 4 nitrogen and oxygen atoms in total. The fraction of sp³-hybridized carbons (Fsp3) is 0.769. The summed E-state index contributed by atoms with van der Waals surface area (Å²) < 4.78 is 0. The summed E-state index contributed by atoms with van der Waals surface area (Å²) in [6.07, 6.45) is 9.06. The van der Waals surface area contributed by atoms with Gasteiger partial charge < -0.3 is 5.32 Å². The highest BCUT2D eigenvalue weighted by Crippen LogP contribution is 2.20. The van der Waals surface area contributed by atoms with Crippen molar-refractivity contribution in [3.05, 3.63) is 0 Å². The summed E-state index contributed by atoms with van der Waals surface area (Å²) in [7, 11) is 0. The van der Waals surface area contributed by atoms with E-state index in [4.69, 9.17) is 6.42 Å². The Morgan fingerprint density at radius 1 is 1.35 bits per heavy atom. The van der Waals surface area contributed by atoms with E-state index in [1.54, 1.807) is 0 Å². The molecule has 2 rings (SSSR count). The zero-order valence-corrected chi connectivity index (χ0v) is 10.3. The Bertz CT molecular complexity index is 310. The number of amides is 1. The van der Waals surface area contributed by atoms with E-state index >= 15 is 0 Å². The summed E-state index contributed by atoms with van der Waals surface area (Å²) >= 11 is 0. The summed E-state index contributed by atoms with van der Waals surface area (Å²) in [5.74, 6) is 2.47. The number of nitrogens with one attached hydrogen (secondary N) is 1. The van der Waals surface area contributed by atoms with E-state index in [1.807, 2.05) is 0 Å². The second-order valence-corrected chi connectivity index (χ2v) is 4.90. The van der Waals surface area contributed by atoms with Gasteiger partial charge in [-0.2, -0.15) is 0 Å². The molecule has 0 spiro atoms. The Morgan fingerprint density at radius 3 is 3.06 bits per heavy atom. The number of piperidine rings is 1. The molecule has 0 radical (unpaired) electrons. The Kier molecular flexibility index (Phi) is 4.41. The minimum atomic E-state index is 0.0483. The fourth-order valence-electron chi connectivity index (χ4n) is 2.77. The average Bonchev–Trinajstić information content (AvgIpc) is 2.36. The number of piperazine rings is 1. The van der Waals surface area contributed by atoms with Crippen molar-refractivity contribution in [2.75, 3.05) is 39.3 Å². The van der Waals surface area contributed by atoms with Gasteiger partial charge in [-0.05, 0) is 19.4 Å². The molecule has 4 heteroatoms. The maximum absolute atomic E-state index is 11.6. The third kappa shape index (κ3) is 3.45. The van der Waals surface area contributed by atoms with Gasteiger partial charge in [0.05, 0.1) is 13.1 Å². The smallest absolute Gasteiger partial charge is 0.234 e. The van der Waals surface area contributed by atoms with Crippen LogP contribution in [0.15, 0.2) is 0 Å². The topological polar surface area (TPSA) is 35.6 Å². The van der Waals surface area contributed by atoms with Crippen molar-refractivity contribution in [2.24, 2.45) is 0 Å². The molecule has 0 aromatic carbocycles. The van der Waals surface area contributed by atoms with Crippen LogP contribution in [-0.2, 0) is 4.79 Å². The second-order valence-electron chi connectivity index (χ2n) is 4.90. The molecule has 1 atom stereocenters. The number of hydrogen-bond donors (Lipinski definition) is 1. The molecule has 0 aliphatic carbocycles. The van der Waals surface area contributed by atoms with Crippen molar-refractivity contribution in [1.82, 2.24) is 15.1 Å². The second kappa shape index (κ2) is 6.04. The molecular formula is C13H21N3O. The minimum Gasteiger partial charge on any atom is -0.344 e. The van der Waals surface area contributed by atoms with Gasteiger partial charge in [0.25, 0.3) is 0 Å². The number of hydrogen-bond acceptors (Lipinski definition) is 3.